The van der Waals surface area contributed by atoms with E-state index in [0.717, 1.165) is 18.4 Å². The number of amides is 2. The smallest absolute Gasteiger partial charge is 0.245 e. The van der Waals surface area contributed by atoms with E-state index in [-0.39, 0.29) is 11.8 Å². The van der Waals surface area contributed by atoms with Crippen molar-refractivity contribution in [1.82, 2.24) is 15.2 Å². The molecule has 1 atom stereocenters. The van der Waals surface area contributed by atoms with E-state index in [4.69, 9.17) is 4.74 Å². The number of benzene rings is 1. The van der Waals surface area contributed by atoms with Gasteiger partial charge in [0.05, 0.1) is 0 Å². The normalized spacial score (nSPS) is 20.1. The van der Waals surface area contributed by atoms with Crippen molar-refractivity contribution in [3.05, 3.63) is 36.0 Å². The van der Waals surface area contributed by atoms with Crippen LogP contribution in [-0.4, -0.2) is 54.0 Å². The zero-order valence-corrected chi connectivity index (χ0v) is 15.5. The highest BCUT2D eigenvalue weighted by atomic mass is 16.5. The van der Waals surface area contributed by atoms with Crippen LogP contribution in [0.4, 0.5) is 0 Å². The van der Waals surface area contributed by atoms with E-state index in [1.165, 1.54) is 10.9 Å². The second kappa shape index (κ2) is 7.91. The second-order valence-corrected chi connectivity index (χ2v) is 7.03. The van der Waals surface area contributed by atoms with Crippen molar-refractivity contribution in [1.29, 1.82) is 0 Å². The Hall–Kier alpha value is -2.34. The molecule has 1 saturated heterocycles. The summed E-state index contributed by atoms with van der Waals surface area (Å²) in [5.41, 5.74) is 1.49. The number of para-hydroxylation sites is 1. The number of likely N-dealkylation sites (tertiary alicyclic amines) is 1. The van der Waals surface area contributed by atoms with Crippen molar-refractivity contribution in [2.75, 3.05) is 26.8 Å². The third-order valence-corrected chi connectivity index (χ3v) is 5.30. The number of hydrogen-bond donors (Lipinski definition) is 2. The molecule has 2 aromatic rings. The molecule has 0 spiro atoms. The second-order valence-electron chi connectivity index (χ2n) is 7.03. The molecule has 0 aliphatic carbocycles. The van der Waals surface area contributed by atoms with Crippen LogP contribution in [0.25, 0.3) is 10.9 Å². The maximum Gasteiger partial charge on any atom is 0.245 e. The monoisotopic (exact) mass is 357 g/mol. The highest BCUT2D eigenvalue weighted by molar-refractivity contribution is 5.94. The van der Waals surface area contributed by atoms with Gasteiger partial charge in [-0.05, 0) is 37.8 Å². The van der Waals surface area contributed by atoms with E-state index in [1.54, 1.807) is 12.0 Å². The molecule has 0 saturated carbocycles. The fourth-order valence-corrected chi connectivity index (χ4v) is 3.68. The first-order valence-electron chi connectivity index (χ1n) is 9.19. The molecule has 2 heterocycles. The Bertz CT molecular complexity index is 785. The minimum atomic E-state index is -0.768. The minimum Gasteiger partial charge on any atom is -0.385 e. The van der Waals surface area contributed by atoms with Crippen LogP contribution in [0.2, 0.25) is 0 Å². The summed E-state index contributed by atoms with van der Waals surface area (Å²) in [4.78, 5) is 30.1. The number of carbonyl (C=O) groups is 2. The van der Waals surface area contributed by atoms with Gasteiger partial charge in [-0.15, -0.1) is 0 Å². The van der Waals surface area contributed by atoms with E-state index >= 15 is 0 Å². The zero-order chi connectivity index (χ0) is 18.6. The molecule has 1 aromatic heterocycles. The van der Waals surface area contributed by atoms with Crippen LogP contribution in [0.1, 0.15) is 31.7 Å². The number of aromatic nitrogens is 1. The topological polar surface area (TPSA) is 74.4 Å². The Labute approximate surface area is 153 Å². The maximum atomic E-state index is 12.7. The van der Waals surface area contributed by atoms with Crippen molar-refractivity contribution in [3.63, 3.8) is 0 Å². The first kappa shape index (κ1) is 18.5. The molecule has 1 aliphatic rings. The van der Waals surface area contributed by atoms with E-state index in [2.05, 4.69) is 16.4 Å². The maximum absolute atomic E-state index is 12.7. The summed E-state index contributed by atoms with van der Waals surface area (Å²) < 4.78 is 5.01. The van der Waals surface area contributed by atoms with Gasteiger partial charge in [0.25, 0.3) is 0 Å². The average Bonchev–Trinajstić information content (AvgIpc) is 3.19. The Morgan fingerprint density at radius 3 is 3.00 bits per heavy atom. The van der Waals surface area contributed by atoms with Crippen LogP contribution in [0.3, 0.4) is 0 Å². The fourth-order valence-electron chi connectivity index (χ4n) is 3.68. The number of aromatic amines is 1. The molecular formula is C20H27N3O3. The molecule has 1 aromatic carbocycles. The summed E-state index contributed by atoms with van der Waals surface area (Å²) in [5, 5.41) is 4.13. The van der Waals surface area contributed by atoms with Gasteiger partial charge in [-0.2, -0.15) is 0 Å². The molecule has 0 radical (unpaired) electrons. The molecule has 26 heavy (non-hydrogen) atoms. The summed E-state index contributed by atoms with van der Waals surface area (Å²) in [6.07, 6.45) is 4.48. The van der Waals surface area contributed by atoms with Gasteiger partial charge in [0, 0.05) is 50.3 Å². The van der Waals surface area contributed by atoms with Crippen molar-refractivity contribution >= 4 is 22.7 Å². The van der Waals surface area contributed by atoms with Gasteiger partial charge in [-0.1, -0.05) is 18.2 Å². The first-order valence-corrected chi connectivity index (χ1v) is 9.19. The number of nitrogens with one attached hydrogen (secondary N) is 2. The first-order chi connectivity index (χ1) is 12.6. The summed E-state index contributed by atoms with van der Waals surface area (Å²) >= 11 is 0. The van der Waals surface area contributed by atoms with E-state index in [1.807, 2.05) is 31.3 Å². The van der Waals surface area contributed by atoms with Gasteiger partial charge < -0.3 is 19.9 Å². The lowest BCUT2D eigenvalue weighted by Gasteiger charge is -2.34. The van der Waals surface area contributed by atoms with Crippen molar-refractivity contribution in [3.8, 4) is 0 Å². The zero-order valence-electron chi connectivity index (χ0n) is 15.5. The summed E-state index contributed by atoms with van der Waals surface area (Å²) in [7, 11) is 1.64. The molecule has 6 nitrogen and oxygen atoms in total. The van der Waals surface area contributed by atoms with E-state index in [9.17, 15) is 9.59 Å². The lowest BCUT2D eigenvalue weighted by atomic mass is 9.97. The number of hydrogen-bond acceptors (Lipinski definition) is 3. The summed E-state index contributed by atoms with van der Waals surface area (Å²) in [6.45, 7) is 3.59. The molecule has 0 bridgehead atoms. The molecule has 140 valence electrons. The predicted molar refractivity (Wildman–Crippen MR) is 101 cm³/mol. The van der Waals surface area contributed by atoms with Crippen molar-refractivity contribution in [2.24, 2.45) is 0 Å². The number of H-pyrrole nitrogens is 1. The lowest BCUT2D eigenvalue weighted by Crippen LogP contribution is -2.55. The molecule has 1 aliphatic heterocycles. The Morgan fingerprint density at radius 2 is 2.19 bits per heavy atom. The number of ether oxygens (including phenoxy) is 1. The van der Waals surface area contributed by atoms with Crippen LogP contribution in [0.15, 0.2) is 30.5 Å². The Morgan fingerprint density at radius 1 is 1.38 bits per heavy atom. The lowest BCUT2D eigenvalue weighted by molar-refractivity contribution is -0.140. The Balaban J connectivity index is 1.66. The highest BCUT2D eigenvalue weighted by Crippen LogP contribution is 2.31. The Kier molecular flexibility index (Phi) is 5.61. The number of fused-ring (bicyclic) bond motifs is 1. The SMILES string of the molecule is COCCCNC(=O)[C@]1(C)CCC(=O)N1CCc1c[nH]c2ccccc12. The summed E-state index contributed by atoms with van der Waals surface area (Å²) in [6, 6.07) is 8.13. The molecule has 2 N–H and O–H groups in total. The summed E-state index contributed by atoms with van der Waals surface area (Å²) in [5.74, 6) is -0.0160. The van der Waals surface area contributed by atoms with Crippen LogP contribution in [0.5, 0.6) is 0 Å². The molecule has 0 unspecified atom stereocenters. The molecule has 3 rings (SSSR count). The third-order valence-electron chi connectivity index (χ3n) is 5.30. The van der Waals surface area contributed by atoms with E-state index in [0.29, 0.717) is 32.5 Å². The van der Waals surface area contributed by atoms with Crippen LogP contribution in [0, 0.1) is 0 Å². The van der Waals surface area contributed by atoms with Crippen LogP contribution >= 0.6 is 0 Å². The van der Waals surface area contributed by atoms with Crippen LogP contribution < -0.4 is 5.32 Å². The molecule has 6 heteroatoms. The average molecular weight is 357 g/mol. The van der Waals surface area contributed by atoms with Gasteiger partial charge >= 0.3 is 0 Å². The number of nitrogens with zero attached hydrogens (tertiary/aromatic N) is 1. The standard InChI is InChI=1S/C20H27N3O3/c1-20(19(25)21-11-5-13-26-2)10-8-18(24)23(20)12-9-15-14-22-17-7-4-3-6-16(15)17/h3-4,6-7,14,22H,5,8-13H2,1-2H3,(H,21,25)/t20-/m0/s1. The van der Waals surface area contributed by atoms with Gasteiger partial charge in [-0.25, -0.2) is 0 Å². The predicted octanol–water partition coefficient (Wildman–Crippen LogP) is 2.24. The van der Waals surface area contributed by atoms with Crippen molar-refractivity contribution < 1.29 is 14.3 Å². The number of carbonyl (C=O) groups excluding carboxylic acids is 2. The third kappa shape index (κ3) is 3.60. The molecular weight excluding hydrogens is 330 g/mol. The fraction of sp³-hybridized carbons (Fsp3) is 0.500. The van der Waals surface area contributed by atoms with Crippen molar-refractivity contribution in [2.45, 2.75) is 38.1 Å². The highest BCUT2D eigenvalue weighted by Gasteiger charge is 2.46. The van der Waals surface area contributed by atoms with Gasteiger partial charge in [-0.3, -0.25) is 9.59 Å². The quantitative estimate of drug-likeness (QED) is 0.712. The molecule has 2 amide bonds. The van der Waals surface area contributed by atoms with Crippen LogP contribution in [-0.2, 0) is 20.7 Å². The van der Waals surface area contributed by atoms with E-state index < -0.39 is 5.54 Å². The van der Waals surface area contributed by atoms with Gasteiger partial charge in [0.1, 0.15) is 5.54 Å². The minimum absolute atomic E-state index is 0.0550. The largest absolute Gasteiger partial charge is 0.385 e. The molecule has 1 fully saturated rings. The number of rotatable bonds is 8. The number of methoxy groups -OCH3 is 1. The van der Waals surface area contributed by atoms with Gasteiger partial charge in [0.2, 0.25) is 11.8 Å². The van der Waals surface area contributed by atoms with Gasteiger partial charge in [0.15, 0.2) is 0 Å².